The summed E-state index contributed by atoms with van der Waals surface area (Å²) in [6.07, 6.45) is 0.367. The molecule has 0 aromatic carbocycles. The standard InChI is InChI=1S/C9H14O4/c1-4-9(7(12)13)5(6(10)11)8(9,2)3/h5H,4H2,1-3H3,(H,10,11)(H,12,13). The topological polar surface area (TPSA) is 74.6 Å². The van der Waals surface area contributed by atoms with Crippen LogP contribution in [0.4, 0.5) is 0 Å². The summed E-state index contributed by atoms with van der Waals surface area (Å²) < 4.78 is 0. The zero-order valence-corrected chi connectivity index (χ0v) is 8.00. The van der Waals surface area contributed by atoms with E-state index in [-0.39, 0.29) is 0 Å². The van der Waals surface area contributed by atoms with Gasteiger partial charge < -0.3 is 10.2 Å². The van der Waals surface area contributed by atoms with Gasteiger partial charge in [-0.25, -0.2) is 0 Å². The molecule has 0 heterocycles. The molecular formula is C9H14O4. The molecule has 1 saturated carbocycles. The Morgan fingerprint density at radius 2 is 1.77 bits per heavy atom. The second-order valence-corrected chi connectivity index (χ2v) is 4.12. The fourth-order valence-corrected chi connectivity index (χ4v) is 2.58. The number of rotatable bonds is 3. The van der Waals surface area contributed by atoms with E-state index in [1.165, 1.54) is 0 Å². The van der Waals surface area contributed by atoms with Crippen LogP contribution in [0.15, 0.2) is 0 Å². The quantitative estimate of drug-likeness (QED) is 0.694. The predicted molar refractivity (Wildman–Crippen MR) is 45.3 cm³/mol. The molecule has 1 aliphatic rings. The number of aliphatic carboxylic acids is 2. The lowest BCUT2D eigenvalue weighted by Gasteiger charge is -2.11. The molecule has 0 aromatic rings. The van der Waals surface area contributed by atoms with Crippen molar-refractivity contribution in [2.24, 2.45) is 16.7 Å². The highest BCUT2D eigenvalue weighted by Crippen LogP contribution is 2.70. The van der Waals surface area contributed by atoms with E-state index in [4.69, 9.17) is 10.2 Å². The van der Waals surface area contributed by atoms with E-state index in [2.05, 4.69) is 0 Å². The number of hydrogen-bond donors (Lipinski definition) is 2. The molecule has 0 amide bonds. The first-order valence-electron chi connectivity index (χ1n) is 4.28. The average Bonchev–Trinajstić information content (AvgIpc) is 2.48. The highest BCUT2D eigenvalue weighted by Gasteiger charge is 2.78. The Labute approximate surface area is 76.6 Å². The summed E-state index contributed by atoms with van der Waals surface area (Å²) in [5.41, 5.74) is -1.68. The van der Waals surface area contributed by atoms with Crippen molar-refractivity contribution in [3.05, 3.63) is 0 Å². The van der Waals surface area contributed by atoms with Crippen molar-refractivity contribution in [1.29, 1.82) is 0 Å². The van der Waals surface area contributed by atoms with Crippen molar-refractivity contribution < 1.29 is 19.8 Å². The molecule has 4 nitrogen and oxygen atoms in total. The van der Waals surface area contributed by atoms with E-state index in [0.717, 1.165) is 0 Å². The smallest absolute Gasteiger partial charge is 0.311 e. The van der Waals surface area contributed by atoms with Gasteiger partial charge in [0, 0.05) is 0 Å². The fraction of sp³-hybridized carbons (Fsp3) is 0.778. The van der Waals surface area contributed by atoms with E-state index in [0.29, 0.717) is 6.42 Å². The van der Waals surface area contributed by atoms with E-state index in [9.17, 15) is 9.59 Å². The van der Waals surface area contributed by atoms with Crippen LogP contribution in [0.2, 0.25) is 0 Å². The summed E-state index contributed by atoms with van der Waals surface area (Å²) in [4.78, 5) is 21.8. The van der Waals surface area contributed by atoms with Crippen LogP contribution in [0, 0.1) is 16.7 Å². The molecule has 13 heavy (non-hydrogen) atoms. The average molecular weight is 186 g/mol. The minimum absolute atomic E-state index is 0.367. The molecule has 0 aromatic heterocycles. The lowest BCUT2D eigenvalue weighted by molar-refractivity contribution is -0.149. The molecule has 0 aliphatic heterocycles. The summed E-state index contributed by atoms with van der Waals surface area (Å²) in [5.74, 6) is -2.75. The molecule has 0 bridgehead atoms. The van der Waals surface area contributed by atoms with Crippen molar-refractivity contribution >= 4 is 11.9 Å². The van der Waals surface area contributed by atoms with Gasteiger partial charge in [0.25, 0.3) is 0 Å². The second-order valence-electron chi connectivity index (χ2n) is 4.12. The summed E-state index contributed by atoms with van der Waals surface area (Å²) in [6, 6.07) is 0. The molecule has 74 valence electrons. The van der Waals surface area contributed by atoms with Crippen LogP contribution in [-0.4, -0.2) is 22.2 Å². The maximum atomic E-state index is 11.0. The normalized spacial score (nSPS) is 35.5. The van der Waals surface area contributed by atoms with E-state index >= 15 is 0 Å². The van der Waals surface area contributed by atoms with Gasteiger partial charge in [0.1, 0.15) is 0 Å². The Hall–Kier alpha value is -1.06. The number of carbonyl (C=O) groups is 2. The summed E-state index contributed by atoms with van der Waals surface area (Å²) in [7, 11) is 0. The molecule has 1 aliphatic carbocycles. The molecule has 2 N–H and O–H groups in total. The van der Waals surface area contributed by atoms with Gasteiger partial charge in [-0.2, -0.15) is 0 Å². The molecule has 4 heteroatoms. The summed E-state index contributed by atoms with van der Waals surface area (Å²) >= 11 is 0. The van der Waals surface area contributed by atoms with Crippen molar-refractivity contribution in [3.8, 4) is 0 Å². The van der Waals surface area contributed by atoms with Crippen LogP contribution in [0.1, 0.15) is 27.2 Å². The first kappa shape index (κ1) is 10.0. The van der Waals surface area contributed by atoms with E-state index < -0.39 is 28.7 Å². The van der Waals surface area contributed by atoms with Crippen molar-refractivity contribution in [1.82, 2.24) is 0 Å². The Kier molecular flexibility index (Phi) is 1.90. The van der Waals surface area contributed by atoms with Gasteiger partial charge >= 0.3 is 11.9 Å². The van der Waals surface area contributed by atoms with Gasteiger partial charge in [-0.3, -0.25) is 9.59 Å². The first-order valence-corrected chi connectivity index (χ1v) is 4.28. The molecule has 1 fully saturated rings. The second kappa shape index (κ2) is 2.47. The maximum Gasteiger partial charge on any atom is 0.311 e. The van der Waals surface area contributed by atoms with Crippen LogP contribution < -0.4 is 0 Å². The zero-order valence-electron chi connectivity index (χ0n) is 8.00. The number of hydrogen-bond acceptors (Lipinski definition) is 2. The highest BCUT2D eigenvalue weighted by molar-refractivity contribution is 5.91. The third kappa shape index (κ3) is 0.913. The summed E-state index contributed by atoms with van der Waals surface area (Å²) in [6.45, 7) is 5.12. The fourth-order valence-electron chi connectivity index (χ4n) is 2.58. The molecule has 0 radical (unpaired) electrons. The third-order valence-corrected chi connectivity index (χ3v) is 3.47. The van der Waals surface area contributed by atoms with Crippen LogP contribution >= 0.6 is 0 Å². The zero-order chi connectivity index (χ0) is 10.4. The van der Waals surface area contributed by atoms with Gasteiger partial charge in [0.15, 0.2) is 0 Å². The largest absolute Gasteiger partial charge is 0.481 e. The SMILES string of the molecule is CCC1(C(=O)O)C(C(=O)O)C1(C)C. The summed E-state index contributed by atoms with van der Waals surface area (Å²) in [5, 5.41) is 17.8. The van der Waals surface area contributed by atoms with E-state index in [1.54, 1.807) is 20.8 Å². The van der Waals surface area contributed by atoms with Crippen LogP contribution in [0.3, 0.4) is 0 Å². The molecule has 2 unspecified atom stereocenters. The predicted octanol–water partition coefficient (Wildman–Crippen LogP) is 1.21. The lowest BCUT2D eigenvalue weighted by atomic mass is 9.93. The van der Waals surface area contributed by atoms with Gasteiger partial charge in [0.2, 0.25) is 0 Å². The number of carboxylic acids is 2. The van der Waals surface area contributed by atoms with E-state index in [1.807, 2.05) is 0 Å². The Morgan fingerprint density at radius 1 is 1.31 bits per heavy atom. The Morgan fingerprint density at radius 3 is 1.85 bits per heavy atom. The monoisotopic (exact) mass is 186 g/mol. The minimum Gasteiger partial charge on any atom is -0.481 e. The number of carboxylic acid groups (broad SMARTS) is 2. The first-order chi connectivity index (χ1) is 5.82. The van der Waals surface area contributed by atoms with Crippen molar-refractivity contribution in [3.63, 3.8) is 0 Å². The van der Waals surface area contributed by atoms with Gasteiger partial charge in [0.05, 0.1) is 11.3 Å². The lowest BCUT2D eigenvalue weighted by Crippen LogP contribution is -2.21. The van der Waals surface area contributed by atoms with Gasteiger partial charge in [-0.1, -0.05) is 20.8 Å². The molecule has 0 saturated heterocycles. The Balaban J connectivity index is 3.06. The molecular weight excluding hydrogens is 172 g/mol. The van der Waals surface area contributed by atoms with Crippen LogP contribution in [0.5, 0.6) is 0 Å². The van der Waals surface area contributed by atoms with Crippen molar-refractivity contribution in [2.75, 3.05) is 0 Å². The van der Waals surface area contributed by atoms with Gasteiger partial charge in [-0.15, -0.1) is 0 Å². The molecule has 0 spiro atoms. The molecule has 1 rings (SSSR count). The minimum atomic E-state index is -1.06. The molecule has 2 atom stereocenters. The van der Waals surface area contributed by atoms with Crippen LogP contribution in [-0.2, 0) is 9.59 Å². The maximum absolute atomic E-state index is 11.0. The highest BCUT2D eigenvalue weighted by atomic mass is 16.4. The van der Waals surface area contributed by atoms with Gasteiger partial charge in [-0.05, 0) is 11.8 Å². The van der Waals surface area contributed by atoms with Crippen molar-refractivity contribution in [2.45, 2.75) is 27.2 Å². The Bertz CT molecular complexity index is 269. The third-order valence-electron chi connectivity index (χ3n) is 3.47. The van der Waals surface area contributed by atoms with Crippen LogP contribution in [0.25, 0.3) is 0 Å².